The first kappa shape index (κ1) is 14.0. The monoisotopic (exact) mass is 286 g/mol. The lowest BCUT2D eigenvalue weighted by Crippen LogP contribution is -2.09. The van der Waals surface area contributed by atoms with E-state index >= 15 is 0 Å². The summed E-state index contributed by atoms with van der Waals surface area (Å²) in [6, 6.07) is 7.03. The van der Waals surface area contributed by atoms with E-state index in [1.807, 2.05) is 16.9 Å². The summed E-state index contributed by atoms with van der Waals surface area (Å²) < 4.78 is 15.8. The molecule has 2 aromatic rings. The Morgan fingerprint density at radius 1 is 1.33 bits per heavy atom. The molecular formula is C17H19FN2O. The average Bonchev–Trinajstić information content (AvgIpc) is 3.08. The van der Waals surface area contributed by atoms with Crippen molar-refractivity contribution < 1.29 is 9.18 Å². The highest BCUT2D eigenvalue weighted by atomic mass is 19.1. The SMILES string of the molecule is Cc1ccc(C(=O)Cc2ccn(C3CCCC3)n2)c(F)c1. The molecule has 1 aliphatic rings. The molecule has 0 amide bonds. The zero-order chi connectivity index (χ0) is 14.8. The number of benzene rings is 1. The highest BCUT2D eigenvalue weighted by Gasteiger charge is 2.19. The molecule has 0 radical (unpaired) electrons. The maximum Gasteiger partial charge on any atom is 0.171 e. The number of halogens is 1. The number of ketones is 1. The van der Waals surface area contributed by atoms with E-state index in [4.69, 9.17) is 0 Å². The second kappa shape index (κ2) is 5.80. The summed E-state index contributed by atoms with van der Waals surface area (Å²) >= 11 is 0. The first-order valence-electron chi connectivity index (χ1n) is 7.47. The zero-order valence-electron chi connectivity index (χ0n) is 12.2. The summed E-state index contributed by atoms with van der Waals surface area (Å²) in [5, 5.41) is 4.48. The lowest BCUT2D eigenvalue weighted by atomic mass is 10.0. The van der Waals surface area contributed by atoms with Crippen LogP contribution < -0.4 is 0 Å². The fourth-order valence-electron chi connectivity index (χ4n) is 2.95. The number of Topliss-reactive ketones (excluding diaryl/α,β-unsaturated/α-hetero) is 1. The minimum absolute atomic E-state index is 0.149. The molecule has 0 unspecified atom stereocenters. The smallest absolute Gasteiger partial charge is 0.171 e. The maximum absolute atomic E-state index is 13.8. The van der Waals surface area contributed by atoms with Crippen LogP contribution in [0.25, 0.3) is 0 Å². The molecule has 1 heterocycles. The van der Waals surface area contributed by atoms with Gasteiger partial charge in [0.25, 0.3) is 0 Å². The van der Waals surface area contributed by atoms with Gasteiger partial charge in [-0.25, -0.2) is 4.39 Å². The molecule has 1 aromatic heterocycles. The van der Waals surface area contributed by atoms with E-state index < -0.39 is 5.82 Å². The van der Waals surface area contributed by atoms with Crippen molar-refractivity contribution in [3.63, 3.8) is 0 Å². The largest absolute Gasteiger partial charge is 0.294 e. The lowest BCUT2D eigenvalue weighted by Gasteiger charge is -2.08. The van der Waals surface area contributed by atoms with Crippen molar-refractivity contribution in [2.75, 3.05) is 0 Å². The van der Waals surface area contributed by atoms with Crippen molar-refractivity contribution in [2.45, 2.75) is 45.1 Å². The summed E-state index contributed by atoms with van der Waals surface area (Å²) in [5.74, 6) is -0.667. The topological polar surface area (TPSA) is 34.9 Å². The fraction of sp³-hybridized carbons (Fsp3) is 0.412. The first-order valence-corrected chi connectivity index (χ1v) is 7.47. The van der Waals surface area contributed by atoms with Gasteiger partial charge in [0, 0.05) is 6.20 Å². The van der Waals surface area contributed by atoms with Crippen LogP contribution in [-0.2, 0) is 6.42 Å². The third-order valence-electron chi connectivity index (χ3n) is 4.13. The number of hydrogen-bond acceptors (Lipinski definition) is 2. The van der Waals surface area contributed by atoms with Crippen LogP contribution in [0.2, 0.25) is 0 Å². The number of hydrogen-bond donors (Lipinski definition) is 0. The van der Waals surface area contributed by atoms with Crippen LogP contribution in [-0.4, -0.2) is 15.6 Å². The molecule has 1 saturated carbocycles. The molecule has 0 spiro atoms. The predicted molar refractivity (Wildman–Crippen MR) is 78.9 cm³/mol. The number of aryl methyl sites for hydroxylation is 1. The lowest BCUT2D eigenvalue weighted by molar-refractivity contribution is 0.0988. The Morgan fingerprint density at radius 3 is 2.81 bits per heavy atom. The van der Waals surface area contributed by atoms with E-state index in [0.29, 0.717) is 11.7 Å². The summed E-state index contributed by atoms with van der Waals surface area (Å²) in [5.41, 5.74) is 1.68. The van der Waals surface area contributed by atoms with Gasteiger partial charge in [-0.15, -0.1) is 0 Å². The van der Waals surface area contributed by atoms with E-state index in [1.54, 1.807) is 19.1 Å². The van der Waals surface area contributed by atoms with Crippen LogP contribution in [0.1, 0.15) is 53.3 Å². The van der Waals surface area contributed by atoms with E-state index in [9.17, 15) is 9.18 Å². The van der Waals surface area contributed by atoms with Crippen LogP contribution in [0.15, 0.2) is 30.5 Å². The maximum atomic E-state index is 13.8. The minimum atomic E-state index is -0.449. The van der Waals surface area contributed by atoms with E-state index in [1.165, 1.54) is 18.9 Å². The van der Waals surface area contributed by atoms with Crippen molar-refractivity contribution in [1.29, 1.82) is 0 Å². The van der Waals surface area contributed by atoms with Crippen molar-refractivity contribution in [1.82, 2.24) is 9.78 Å². The Balaban J connectivity index is 1.72. The van der Waals surface area contributed by atoms with Crippen molar-refractivity contribution in [3.05, 3.63) is 53.1 Å². The van der Waals surface area contributed by atoms with Gasteiger partial charge in [-0.1, -0.05) is 18.9 Å². The summed E-state index contributed by atoms with van der Waals surface area (Å²) in [6.45, 7) is 1.81. The van der Waals surface area contributed by atoms with E-state index in [0.717, 1.165) is 18.4 Å². The zero-order valence-corrected chi connectivity index (χ0v) is 12.2. The van der Waals surface area contributed by atoms with Gasteiger partial charge in [0.1, 0.15) is 5.82 Å². The molecule has 110 valence electrons. The highest BCUT2D eigenvalue weighted by molar-refractivity contribution is 5.97. The number of carbonyl (C=O) groups excluding carboxylic acids is 1. The Labute approximate surface area is 123 Å². The molecule has 0 bridgehead atoms. The normalized spacial score (nSPS) is 15.5. The van der Waals surface area contributed by atoms with Gasteiger partial charge in [0.15, 0.2) is 5.78 Å². The van der Waals surface area contributed by atoms with Gasteiger partial charge in [-0.3, -0.25) is 9.48 Å². The predicted octanol–water partition coefficient (Wildman–Crippen LogP) is 3.87. The number of aromatic nitrogens is 2. The molecule has 21 heavy (non-hydrogen) atoms. The fourth-order valence-corrected chi connectivity index (χ4v) is 2.95. The second-order valence-electron chi connectivity index (χ2n) is 5.81. The summed E-state index contributed by atoms with van der Waals surface area (Å²) in [4.78, 5) is 12.2. The number of nitrogens with zero attached hydrogens (tertiary/aromatic N) is 2. The van der Waals surface area contributed by atoms with Gasteiger partial charge >= 0.3 is 0 Å². The molecule has 0 aliphatic heterocycles. The molecule has 0 saturated heterocycles. The quantitative estimate of drug-likeness (QED) is 0.800. The molecule has 0 atom stereocenters. The van der Waals surface area contributed by atoms with Gasteiger partial charge in [-0.05, 0) is 43.5 Å². The Hall–Kier alpha value is -1.97. The van der Waals surface area contributed by atoms with Gasteiger partial charge < -0.3 is 0 Å². The summed E-state index contributed by atoms with van der Waals surface area (Å²) in [7, 11) is 0. The third-order valence-corrected chi connectivity index (χ3v) is 4.13. The molecule has 1 fully saturated rings. The van der Waals surface area contributed by atoms with Crippen LogP contribution in [0.4, 0.5) is 4.39 Å². The Bertz CT molecular complexity index is 657. The van der Waals surface area contributed by atoms with E-state index in [2.05, 4.69) is 5.10 Å². The second-order valence-corrected chi connectivity index (χ2v) is 5.81. The molecular weight excluding hydrogens is 267 g/mol. The minimum Gasteiger partial charge on any atom is -0.294 e. The molecule has 3 nitrogen and oxygen atoms in total. The highest BCUT2D eigenvalue weighted by Crippen LogP contribution is 2.28. The van der Waals surface area contributed by atoms with Crippen molar-refractivity contribution >= 4 is 5.78 Å². The van der Waals surface area contributed by atoms with Gasteiger partial charge in [0.2, 0.25) is 0 Å². The molecule has 1 aromatic carbocycles. The van der Waals surface area contributed by atoms with Crippen molar-refractivity contribution in [3.8, 4) is 0 Å². The van der Waals surface area contributed by atoms with E-state index in [-0.39, 0.29) is 17.8 Å². The number of carbonyl (C=O) groups is 1. The van der Waals surface area contributed by atoms with Gasteiger partial charge in [-0.2, -0.15) is 5.10 Å². The third kappa shape index (κ3) is 3.04. The summed E-state index contributed by atoms with van der Waals surface area (Å²) in [6.07, 6.45) is 6.88. The first-order chi connectivity index (χ1) is 10.1. The molecule has 0 N–H and O–H groups in total. The van der Waals surface area contributed by atoms with Crippen LogP contribution >= 0.6 is 0 Å². The van der Waals surface area contributed by atoms with Crippen molar-refractivity contribution in [2.24, 2.45) is 0 Å². The van der Waals surface area contributed by atoms with Gasteiger partial charge in [0.05, 0.1) is 23.7 Å². The standard InChI is InChI=1S/C17H19FN2O/c1-12-6-7-15(16(18)10-12)17(21)11-13-8-9-20(19-13)14-4-2-3-5-14/h6-10,14H,2-5,11H2,1H3. The Kier molecular flexibility index (Phi) is 3.86. The van der Waals surface area contributed by atoms with Crippen LogP contribution in [0.5, 0.6) is 0 Å². The Morgan fingerprint density at radius 2 is 2.10 bits per heavy atom. The van der Waals surface area contributed by atoms with Crippen LogP contribution in [0.3, 0.4) is 0 Å². The molecule has 4 heteroatoms. The van der Waals surface area contributed by atoms with Crippen LogP contribution in [0, 0.1) is 12.7 Å². The number of rotatable bonds is 4. The molecule has 1 aliphatic carbocycles. The average molecular weight is 286 g/mol. The molecule has 3 rings (SSSR count).